The predicted molar refractivity (Wildman–Crippen MR) is 51.0 cm³/mol. The van der Waals surface area contributed by atoms with E-state index in [2.05, 4.69) is 14.8 Å². The Morgan fingerprint density at radius 3 is 2.00 bits per heavy atom. The fourth-order valence-electron chi connectivity index (χ4n) is 0.860. The van der Waals surface area contributed by atoms with Gasteiger partial charge in [-0.2, -0.15) is 0 Å². The van der Waals surface area contributed by atoms with E-state index in [0.29, 0.717) is 18.8 Å². The zero-order chi connectivity index (χ0) is 10.9. The minimum absolute atomic E-state index is 0.331. The highest BCUT2D eigenvalue weighted by Gasteiger charge is 1.97. The van der Waals surface area contributed by atoms with Crippen LogP contribution < -0.4 is 0 Å². The Hall–Kier alpha value is -1.43. The molecule has 15 heavy (non-hydrogen) atoms. The van der Waals surface area contributed by atoms with Gasteiger partial charge in [0.15, 0.2) is 0 Å². The van der Waals surface area contributed by atoms with Crippen molar-refractivity contribution in [3.63, 3.8) is 0 Å². The lowest BCUT2D eigenvalue weighted by Crippen LogP contribution is -2.08. The first-order valence-corrected chi connectivity index (χ1v) is 4.50. The second kappa shape index (κ2) is 6.94. The Kier molecular flexibility index (Phi) is 5.39. The second-order valence-electron chi connectivity index (χ2n) is 2.74. The molecule has 5 nitrogen and oxygen atoms in total. The van der Waals surface area contributed by atoms with Crippen molar-refractivity contribution in [1.29, 1.82) is 0 Å². The van der Waals surface area contributed by atoms with Crippen LogP contribution in [0.3, 0.4) is 0 Å². The minimum Gasteiger partial charge on any atom is -0.478 e. The molecule has 0 bridgehead atoms. The molecule has 82 valence electrons. The maximum atomic E-state index is 10.2. The smallest absolute Gasteiger partial charge is 0.335 e. The molecule has 0 spiro atoms. The first-order chi connectivity index (χ1) is 7.30. The molecule has 0 radical (unpaired) electrons. The van der Waals surface area contributed by atoms with Crippen molar-refractivity contribution in [2.75, 3.05) is 13.2 Å². The monoisotopic (exact) mass is 212 g/mol. The summed E-state index contributed by atoms with van der Waals surface area (Å²) in [7, 11) is 0. The van der Waals surface area contributed by atoms with Crippen molar-refractivity contribution in [2.45, 2.75) is 6.42 Å². The molecular formula is C10H12O5. The topological polar surface area (TPSA) is 65.0 Å². The van der Waals surface area contributed by atoms with Crippen LogP contribution in [-0.4, -0.2) is 24.3 Å². The van der Waals surface area contributed by atoms with Gasteiger partial charge in [-0.25, -0.2) is 14.6 Å². The molecule has 0 saturated carbocycles. The van der Waals surface area contributed by atoms with Crippen LogP contribution in [0.4, 0.5) is 0 Å². The highest BCUT2D eigenvalue weighted by molar-refractivity contribution is 5.87. The van der Waals surface area contributed by atoms with E-state index in [1.165, 1.54) is 0 Å². The first kappa shape index (κ1) is 11.6. The highest BCUT2D eigenvalue weighted by Crippen LogP contribution is 1.96. The zero-order valence-electron chi connectivity index (χ0n) is 8.09. The SMILES string of the molecule is C1COOOC1.O=C(O)c1ccccc1. The Labute approximate surface area is 87.0 Å². The summed E-state index contributed by atoms with van der Waals surface area (Å²) in [6, 6.07) is 8.30. The summed E-state index contributed by atoms with van der Waals surface area (Å²) >= 11 is 0. The van der Waals surface area contributed by atoms with E-state index in [4.69, 9.17) is 5.11 Å². The largest absolute Gasteiger partial charge is 0.478 e. The Morgan fingerprint density at radius 1 is 1.13 bits per heavy atom. The molecular weight excluding hydrogens is 200 g/mol. The van der Waals surface area contributed by atoms with Crippen molar-refractivity contribution in [3.05, 3.63) is 35.9 Å². The third-order valence-electron chi connectivity index (χ3n) is 1.57. The van der Waals surface area contributed by atoms with Gasteiger partial charge in [-0.3, -0.25) is 0 Å². The standard InChI is InChI=1S/C7H6O2.C3H6O3/c8-7(9)6-4-2-1-3-5-6;1-2-4-6-5-3-1/h1-5H,(H,8,9);1-3H2. The molecule has 1 aliphatic rings. The van der Waals surface area contributed by atoms with Crippen molar-refractivity contribution in [3.8, 4) is 0 Å². The van der Waals surface area contributed by atoms with Gasteiger partial charge in [0, 0.05) is 6.42 Å². The van der Waals surface area contributed by atoms with Crippen LogP contribution >= 0.6 is 0 Å². The Morgan fingerprint density at radius 2 is 1.73 bits per heavy atom. The maximum absolute atomic E-state index is 10.2. The van der Waals surface area contributed by atoms with Gasteiger partial charge in [-0.05, 0) is 12.1 Å². The third kappa shape index (κ3) is 5.11. The lowest BCUT2D eigenvalue weighted by Gasteiger charge is -2.06. The molecule has 0 atom stereocenters. The van der Waals surface area contributed by atoms with Gasteiger partial charge < -0.3 is 5.11 Å². The van der Waals surface area contributed by atoms with Crippen LogP contribution in [-0.2, 0) is 14.8 Å². The Balaban J connectivity index is 0.000000162. The predicted octanol–water partition coefficient (Wildman–Crippen LogP) is 1.65. The van der Waals surface area contributed by atoms with Crippen LogP contribution in [0.2, 0.25) is 0 Å². The van der Waals surface area contributed by atoms with Crippen molar-refractivity contribution in [1.82, 2.24) is 0 Å². The number of hydrogen-bond donors (Lipinski definition) is 1. The second-order valence-corrected chi connectivity index (χ2v) is 2.74. The maximum Gasteiger partial charge on any atom is 0.335 e. The fourth-order valence-corrected chi connectivity index (χ4v) is 0.860. The molecule has 1 fully saturated rings. The number of benzene rings is 1. The van der Waals surface area contributed by atoms with Crippen molar-refractivity contribution >= 4 is 5.97 Å². The van der Waals surface area contributed by atoms with Crippen molar-refractivity contribution in [2.24, 2.45) is 0 Å². The number of rotatable bonds is 1. The summed E-state index contributed by atoms with van der Waals surface area (Å²) in [4.78, 5) is 18.9. The van der Waals surface area contributed by atoms with Gasteiger partial charge in [0.05, 0.1) is 18.8 Å². The van der Waals surface area contributed by atoms with Crippen LogP contribution in [0.5, 0.6) is 0 Å². The number of hydrogen-bond acceptors (Lipinski definition) is 4. The average Bonchev–Trinajstić information content (AvgIpc) is 2.33. The van der Waals surface area contributed by atoms with E-state index < -0.39 is 5.97 Å². The molecule has 1 aliphatic heterocycles. The zero-order valence-corrected chi connectivity index (χ0v) is 8.09. The molecule has 1 N–H and O–H groups in total. The summed E-state index contributed by atoms with van der Waals surface area (Å²) in [6.07, 6.45) is 0.931. The van der Waals surface area contributed by atoms with Gasteiger partial charge in [-0.1, -0.05) is 23.2 Å². The van der Waals surface area contributed by atoms with Gasteiger partial charge in [0.25, 0.3) is 0 Å². The fraction of sp³-hybridized carbons (Fsp3) is 0.300. The molecule has 2 rings (SSSR count). The van der Waals surface area contributed by atoms with E-state index in [0.717, 1.165) is 6.42 Å². The quantitative estimate of drug-likeness (QED) is 0.717. The first-order valence-electron chi connectivity index (χ1n) is 4.50. The van der Waals surface area contributed by atoms with Crippen LogP contribution in [0.15, 0.2) is 30.3 Å². The number of carboxylic acid groups (broad SMARTS) is 1. The van der Waals surface area contributed by atoms with Crippen LogP contribution in [0, 0.1) is 0 Å². The van der Waals surface area contributed by atoms with E-state index >= 15 is 0 Å². The van der Waals surface area contributed by atoms with E-state index in [1.807, 2.05) is 0 Å². The van der Waals surface area contributed by atoms with E-state index in [1.54, 1.807) is 30.3 Å². The average molecular weight is 212 g/mol. The molecule has 0 unspecified atom stereocenters. The van der Waals surface area contributed by atoms with Crippen LogP contribution in [0.1, 0.15) is 16.8 Å². The van der Waals surface area contributed by atoms with Gasteiger partial charge in [-0.15, -0.1) is 0 Å². The van der Waals surface area contributed by atoms with Gasteiger partial charge >= 0.3 is 5.97 Å². The molecule has 1 heterocycles. The summed E-state index contributed by atoms with van der Waals surface area (Å²) in [5.74, 6) is -0.879. The lowest BCUT2D eigenvalue weighted by atomic mass is 10.2. The molecule has 1 aromatic rings. The van der Waals surface area contributed by atoms with Gasteiger partial charge in [0.2, 0.25) is 0 Å². The lowest BCUT2D eigenvalue weighted by molar-refractivity contribution is -0.532. The number of carbonyl (C=O) groups is 1. The number of aromatic carboxylic acids is 1. The molecule has 0 aliphatic carbocycles. The van der Waals surface area contributed by atoms with E-state index in [9.17, 15) is 4.79 Å². The van der Waals surface area contributed by atoms with Gasteiger partial charge in [0.1, 0.15) is 0 Å². The molecule has 0 aromatic heterocycles. The summed E-state index contributed by atoms with van der Waals surface area (Å²) in [5, 5.41) is 12.5. The number of carboxylic acids is 1. The highest BCUT2D eigenvalue weighted by atomic mass is 17.5. The minimum atomic E-state index is -0.879. The normalized spacial score (nSPS) is 14.9. The summed E-state index contributed by atoms with van der Waals surface area (Å²) < 4.78 is 0. The van der Waals surface area contributed by atoms with Crippen LogP contribution in [0.25, 0.3) is 0 Å². The molecule has 5 heteroatoms. The molecule has 1 saturated heterocycles. The van der Waals surface area contributed by atoms with Crippen molar-refractivity contribution < 1.29 is 24.7 Å². The molecule has 1 aromatic carbocycles. The summed E-state index contributed by atoms with van der Waals surface area (Å²) in [5.41, 5.74) is 0.331. The summed E-state index contributed by atoms with van der Waals surface area (Å²) in [6.45, 7) is 1.31. The van der Waals surface area contributed by atoms with E-state index in [-0.39, 0.29) is 0 Å². The Bertz CT molecular complexity index is 270. The molecule has 0 amide bonds. The third-order valence-corrected chi connectivity index (χ3v) is 1.57.